The molecule has 1 aliphatic carbocycles. The van der Waals surface area contributed by atoms with E-state index >= 15 is 0 Å². The summed E-state index contributed by atoms with van der Waals surface area (Å²) in [4.78, 5) is 0. The minimum Gasteiger partial charge on any atom is -0.497 e. The zero-order valence-corrected chi connectivity index (χ0v) is 13.7. The Hall–Kier alpha value is -1.68. The molecule has 3 rings (SSSR count). The van der Waals surface area contributed by atoms with Crippen LogP contribution in [-0.2, 0) is 6.42 Å². The number of benzene rings is 2. The van der Waals surface area contributed by atoms with Crippen LogP contribution in [0.25, 0.3) is 0 Å². The quantitative estimate of drug-likeness (QED) is 0.878. The van der Waals surface area contributed by atoms with Gasteiger partial charge >= 0.3 is 0 Å². The fraction of sp³-hybridized carbons (Fsp3) is 0.294. The highest BCUT2D eigenvalue weighted by molar-refractivity contribution is 9.10. The molecule has 0 bridgehead atoms. The van der Waals surface area contributed by atoms with Gasteiger partial charge < -0.3 is 14.8 Å². The Balaban J connectivity index is 1.86. The van der Waals surface area contributed by atoms with Gasteiger partial charge in [0.05, 0.1) is 25.9 Å². The van der Waals surface area contributed by atoms with E-state index in [-0.39, 0.29) is 0 Å². The van der Waals surface area contributed by atoms with Crippen LogP contribution in [0.15, 0.2) is 40.9 Å². The average Bonchev–Trinajstić information content (AvgIpc) is 2.89. The van der Waals surface area contributed by atoms with Gasteiger partial charge in [-0.3, -0.25) is 0 Å². The van der Waals surface area contributed by atoms with Crippen LogP contribution in [-0.4, -0.2) is 14.2 Å². The van der Waals surface area contributed by atoms with E-state index in [0.29, 0.717) is 6.04 Å². The summed E-state index contributed by atoms with van der Waals surface area (Å²) in [5.41, 5.74) is 3.78. The number of nitrogens with one attached hydrogen (secondary N) is 1. The van der Waals surface area contributed by atoms with Gasteiger partial charge in [-0.05, 0) is 48.2 Å². The molecule has 2 aromatic carbocycles. The summed E-state index contributed by atoms with van der Waals surface area (Å²) >= 11 is 3.54. The molecule has 1 atom stereocenters. The fourth-order valence-electron chi connectivity index (χ4n) is 2.84. The van der Waals surface area contributed by atoms with Crippen LogP contribution in [0, 0.1) is 0 Å². The average molecular weight is 348 g/mol. The predicted octanol–water partition coefficient (Wildman–Crippen LogP) is 4.57. The number of rotatable bonds is 4. The summed E-state index contributed by atoms with van der Waals surface area (Å²) in [6.45, 7) is 0. The summed E-state index contributed by atoms with van der Waals surface area (Å²) in [6.07, 6.45) is 2.20. The maximum atomic E-state index is 5.46. The number of methoxy groups -OCH3 is 2. The Morgan fingerprint density at radius 3 is 2.71 bits per heavy atom. The van der Waals surface area contributed by atoms with Gasteiger partial charge in [0, 0.05) is 10.5 Å². The third-order valence-electron chi connectivity index (χ3n) is 3.92. The van der Waals surface area contributed by atoms with E-state index < -0.39 is 0 Å². The van der Waals surface area contributed by atoms with Gasteiger partial charge in [0.15, 0.2) is 0 Å². The van der Waals surface area contributed by atoms with E-state index in [1.807, 2.05) is 18.2 Å². The summed E-state index contributed by atoms with van der Waals surface area (Å²) in [6, 6.07) is 12.7. The van der Waals surface area contributed by atoms with E-state index in [2.05, 4.69) is 39.4 Å². The lowest BCUT2D eigenvalue weighted by atomic mass is 10.1. The highest BCUT2D eigenvalue weighted by atomic mass is 79.9. The molecular formula is C17H18BrNO2. The second-order valence-corrected chi connectivity index (χ2v) is 6.06. The predicted molar refractivity (Wildman–Crippen MR) is 88.4 cm³/mol. The van der Waals surface area contributed by atoms with Gasteiger partial charge in [-0.2, -0.15) is 0 Å². The van der Waals surface area contributed by atoms with E-state index in [4.69, 9.17) is 9.47 Å². The van der Waals surface area contributed by atoms with Gasteiger partial charge in [-0.25, -0.2) is 0 Å². The first kappa shape index (κ1) is 14.3. The normalized spacial score (nSPS) is 16.4. The Labute approximate surface area is 133 Å². The molecule has 0 saturated carbocycles. The van der Waals surface area contributed by atoms with Crippen molar-refractivity contribution in [2.45, 2.75) is 18.9 Å². The first-order valence-corrected chi connectivity index (χ1v) is 7.77. The first-order chi connectivity index (χ1) is 10.2. The van der Waals surface area contributed by atoms with Crippen molar-refractivity contribution in [3.8, 4) is 11.5 Å². The number of fused-ring (bicyclic) bond motifs is 1. The van der Waals surface area contributed by atoms with Gasteiger partial charge in [0.1, 0.15) is 11.5 Å². The van der Waals surface area contributed by atoms with Crippen LogP contribution in [0.1, 0.15) is 23.6 Å². The Bertz CT molecular complexity index is 657. The third kappa shape index (κ3) is 2.86. The molecule has 0 aliphatic heterocycles. The third-order valence-corrected chi connectivity index (χ3v) is 4.41. The molecule has 3 nitrogen and oxygen atoms in total. The van der Waals surface area contributed by atoms with Crippen LogP contribution in [0.2, 0.25) is 0 Å². The van der Waals surface area contributed by atoms with Crippen LogP contribution in [0.3, 0.4) is 0 Å². The molecule has 21 heavy (non-hydrogen) atoms. The first-order valence-electron chi connectivity index (χ1n) is 6.98. The molecule has 1 unspecified atom stereocenters. The summed E-state index contributed by atoms with van der Waals surface area (Å²) in [5.74, 6) is 1.60. The van der Waals surface area contributed by atoms with Crippen molar-refractivity contribution in [2.75, 3.05) is 19.5 Å². The molecule has 4 heteroatoms. The second kappa shape index (κ2) is 5.98. The number of hydrogen-bond acceptors (Lipinski definition) is 3. The van der Waals surface area contributed by atoms with Crippen molar-refractivity contribution in [1.29, 1.82) is 0 Å². The molecule has 1 aliphatic rings. The zero-order valence-electron chi connectivity index (χ0n) is 12.2. The zero-order chi connectivity index (χ0) is 14.8. The SMILES string of the molecule is COc1ccc(NC2CCc3cc(Br)ccc32)c(OC)c1. The molecule has 2 aromatic rings. The number of hydrogen-bond donors (Lipinski definition) is 1. The largest absolute Gasteiger partial charge is 0.497 e. The standard InChI is InChI=1S/C17H18BrNO2/c1-20-13-5-8-16(17(10-13)21-2)19-15-7-3-11-9-12(18)4-6-14(11)15/h4-6,8-10,15,19H,3,7H2,1-2H3. The molecule has 0 saturated heterocycles. The van der Waals surface area contributed by atoms with E-state index in [1.165, 1.54) is 11.1 Å². The Kier molecular flexibility index (Phi) is 4.06. The topological polar surface area (TPSA) is 30.5 Å². The van der Waals surface area contributed by atoms with Crippen LogP contribution < -0.4 is 14.8 Å². The maximum Gasteiger partial charge on any atom is 0.145 e. The van der Waals surface area contributed by atoms with Gasteiger partial charge in [-0.1, -0.05) is 22.0 Å². The second-order valence-electron chi connectivity index (χ2n) is 5.14. The molecule has 0 amide bonds. The molecular weight excluding hydrogens is 330 g/mol. The lowest BCUT2D eigenvalue weighted by molar-refractivity contribution is 0.395. The molecule has 0 heterocycles. The number of anilines is 1. The van der Waals surface area contributed by atoms with Crippen LogP contribution in [0.4, 0.5) is 5.69 Å². The summed E-state index contributed by atoms with van der Waals surface area (Å²) in [7, 11) is 3.34. The minimum atomic E-state index is 0.329. The number of halogens is 1. The highest BCUT2D eigenvalue weighted by Gasteiger charge is 2.23. The van der Waals surface area contributed by atoms with Crippen molar-refractivity contribution in [3.05, 3.63) is 52.0 Å². The lowest BCUT2D eigenvalue weighted by Gasteiger charge is -2.18. The van der Waals surface area contributed by atoms with Gasteiger partial charge in [0.25, 0.3) is 0 Å². The summed E-state index contributed by atoms with van der Waals surface area (Å²) in [5, 5.41) is 3.59. The van der Waals surface area contributed by atoms with Crippen molar-refractivity contribution in [1.82, 2.24) is 0 Å². The molecule has 0 spiro atoms. The van der Waals surface area contributed by atoms with Crippen LogP contribution >= 0.6 is 15.9 Å². The van der Waals surface area contributed by atoms with E-state index in [9.17, 15) is 0 Å². The maximum absolute atomic E-state index is 5.46. The smallest absolute Gasteiger partial charge is 0.145 e. The highest BCUT2D eigenvalue weighted by Crippen LogP contribution is 2.38. The van der Waals surface area contributed by atoms with E-state index in [1.54, 1.807) is 14.2 Å². The lowest BCUT2D eigenvalue weighted by Crippen LogP contribution is -2.08. The monoisotopic (exact) mass is 347 g/mol. The molecule has 0 fully saturated rings. The molecule has 0 aromatic heterocycles. The molecule has 0 radical (unpaired) electrons. The van der Waals surface area contributed by atoms with Crippen molar-refractivity contribution < 1.29 is 9.47 Å². The Morgan fingerprint density at radius 1 is 1.10 bits per heavy atom. The minimum absolute atomic E-state index is 0.329. The molecule has 110 valence electrons. The number of ether oxygens (including phenoxy) is 2. The van der Waals surface area contributed by atoms with Crippen molar-refractivity contribution in [3.63, 3.8) is 0 Å². The van der Waals surface area contributed by atoms with Gasteiger partial charge in [-0.15, -0.1) is 0 Å². The Morgan fingerprint density at radius 2 is 1.95 bits per heavy atom. The fourth-order valence-corrected chi connectivity index (χ4v) is 3.25. The number of aryl methyl sites for hydroxylation is 1. The molecule has 1 N–H and O–H groups in total. The van der Waals surface area contributed by atoms with E-state index in [0.717, 1.165) is 34.5 Å². The van der Waals surface area contributed by atoms with Crippen molar-refractivity contribution >= 4 is 21.6 Å². The van der Waals surface area contributed by atoms with Crippen molar-refractivity contribution in [2.24, 2.45) is 0 Å². The summed E-state index contributed by atoms with van der Waals surface area (Å²) < 4.78 is 11.8. The van der Waals surface area contributed by atoms with Gasteiger partial charge in [0.2, 0.25) is 0 Å². The van der Waals surface area contributed by atoms with Crippen LogP contribution in [0.5, 0.6) is 11.5 Å².